The first-order valence-corrected chi connectivity index (χ1v) is 8.90. The molecule has 0 unspecified atom stereocenters. The van der Waals surface area contributed by atoms with Gasteiger partial charge in [-0.25, -0.2) is 0 Å². The molecule has 132 valence electrons. The number of hydrogen-bond acceptors (Lipinski definition) is 4. The second-order valence-corrected chi connectivity index (χ2v) is 6.35. The number of hydrogen-bond donors (Lipinski definition) is 1. The molecule has 1 aromatic carbocycles. The molecule has 0 saturated heterocycles. The second kappa shape index (κ2) is 9.64. The van der Waals surface area contributed by atoms with Crippen LogP contribution in [0.1, 0.15) is 17.4 Å². The molecule has 2 amide bonds. The van der Waals surface area contributed by atoms with Crippen molar-refractivity contribution in [3.8, 4) is 5.75 Å². The highest BCUT2D eigenvalue weighted by atomic mass is 32.1. The molecule has 0 bridgehead atoms. The number of methoxy groups -OCH3 is 1. The van der Waals surface area contributed by atoms with Crippen molar-refractivity contribution in [2.24, 2.45) is 0 Å². The third-order valence-corrected chi connectivity index (χ3v) is 4.46. The topological polar surface area (TPSA) is 58.6 Å². The Labute approximate surface area is 151 Å². The van der Waals surface area contributed by atoms with Crippen molar-refractivity contribution in [2.45, 2.75) is 13.5 Å². The Hall–Kier alpha value is -2.60. The van der Waals surface area contributed by atoms with Crippen molar-refractivity contribution in [2.75, 3.05) is 20.2 Å². The Balaban J connectivity index is 1.88. The first-order valence-electron chi connectivity index (χ1n) is 8.02. The smallest absolute Gasteiger partial charge is 0.247 e. The van der Waals surface area contributed by atoms with Gasteiger partial charge in [-0.3, -0.25) is 9.59 Å². The number of likely N-dealkylation sites (N-methyl/N-ethyl adjacent to an activating group) is 1. The summed E-state index contributed by atoms with van der Waals surface area (Å²) < 4.78 is 5.16. The summed E-state index contributed by atoms with van der Waals surface area (Å²) in [5.41, 5.74) is 0.867. The van der Waals surface area contributed by atoms with Crippen LogP contribution in [0.2, 0.25) is 0 Å². The number of nitrogens with one attached hydrogen (secondary N) is 1. The van der Waals surface area contributed by atoms with Crippen molar-refractivity contribution >= 4 is 29.2 Å². The lowest BCUT2D eigenvalue weighted by molar-refractivity contribution is -0.132. The van der Waals surface area contributed by atoms with Crippen LogP contribution in [-0.4, -0.2) is 36.9 Å². The first kappa shape index (κ1) is 18.7. The number of benzene rings is 1. The molecule has 0 saturated carbocycles. The lowest BCUT2D eigenvalue weighted by Crippen LogP contribution is -2.39. The van der Waals surface area contributed by atoms with Crippen LogP contribution in [0.4, 0.5) is 0 Å². The summed E-state index contributed by atoms with van der Waals surface area (Å²) in [5.74, 6) is 0.366. The average Bonchev–Trinajstić information content (AvgIpc) is 3.16. The molecule has 0 aliphatic rings. The van der Waals surface area contributed by atoms with Crippen molar-refractivity contribution < 1.29 is 14.3 Å². The molecule has 1 heterocycles. The number of carbonyl (C=O) groups is 2. The number of rotatable bonds is 8. The predicted octanol–water partition coefficient (Wildman–Crippen LogP) is 2.93. The van der Waals surface area contributed by atoms with Gasteiger partial charge in [0.05, 0.1) is 20.2 Å². The van der Waals surface area contributed by atoms with Gasteiger partial charge in [0.2, 0.25) is 11.8 Å². The molecule has 2 rings (SSSR count). The van der Waals surface area contributed by atoms with Gasteiger partial charge in [-0.1, -0.05) is 18.2 Å². The van der Waals surface area contributed by atoms with E-state index in [-0.39, 0.29) is 18.4 Å². The minimum atomic E-state index is -0.198. The van der Waals surface area contributed by atoms with Gasteiger partial charge in [0.1, 0.15) is 5.75 Å². The van der Waals surface area contributed by atoms with Crippen molar-refractivity contribution in [1.82, 2.24) is 10.2 Å². The van der Waals surface area contributed by atoms with Crippen LogP contribution in [0, 0.1) is 0 Å². The molecule has 1 N–H and O–H groups in total. The van der Waals surface area contributed by atoms with E-state index < -0.39 is 0 Å². The second-order valence-electron chi connectivity index (χ2n) is 5.32. The van der Waals surface area contributed by atoms with Gasteiger partial charge in [0.15, 0.2) is 0 Å². The quantitative estimate of drug-likeness (QED) is 0.738. The van der Waals surface area contributed by atoms with Crippen LogP contribution in [0.3, 0.4) is 0 Å². The van der Waals surface area contributed by atoms with Crippen LogP contribution >= 0.6 is 11.3 Å². The molecule has 0 fully saturated rings. The Kier molecular flexibility index (Phi) is 7.22. The molecule has 0 radical (unpaired) electrons. The fourth-order valence-corrected chi connectivity index (χ4v) is 2.84. The van der Waals surface area contributed by atoms with Gasteiger partial charge >= 0.3 is 0 Å². The molecule has 0 aliphatic heterocycles. The molecule has 2 aromatic rings. The number of thiophene rings is 1. The molecule has 0 aliphatic carbocycles. The molecular formula is C19H22N2O3S. The summed E-state index contributed by atoms with van der Waals surface area (Å²) in [4.78, 5) is 26.9. The number of nitrogens with zero attached hydrogens (tertiary/aromatic N) is 1. The Morgan fingerprint density at radius 3 is 2.80 bits per heavy atom. The fraction of sp³-hybridized carbons (Fsp3) is 0.263. The van der Waals surface area contributed by atoms with Crippen LogP contribution in [-0.2, 0) is 16.1 Å². The van der Waals surface area contributed by atoms with Crippen molar-refractivity contribution in [3.05, 3.63) is 58.3 Å². The van der Waals surface area contributed by atoms with Crippen molar-refractivity contribution in [3.63, 3.8) is 0 Å². The maximum Gasteiger partial charge on any atom is 0.247 e. The lowest BCUT2D eigenvalue weighted by atomic mass is 10.2. The summed E-state index contributed by atoms with van der Waals surface area (Å²) in [6.45, 7) is 2.85. The number of ether oxygens (including phenoxy) is 1. The first-order chi connectivity index (χ1) is 12.1. The van der Waals surface area contributed by atoms with Gasteiger partial charge in [-0.2, -0.15) is 0 Å². The molecule has 5 nitrogen and oxygen atoms in total. The van der Waals surface area contributed by atoms with Crippen LogP contribution in [0.25, 0.3) is 6.08 Å². The molecular weight excluding hydrogens is 336 g/mol. The summed E-state index contributed by atoms with van der Waals surface area (Å²) in [5, 5.41) is 4.80. The van der Waals surface area contributed by atoms with E-state index >= 15 is 0 Å². The summed E-state index contributed by atoms with van der Waals surface area (Å²) in [7, 11) is 1.60. The maximum absolute atomic E-state index is 12.3. The molecule has 6 heteroatoms. The van der Waals surface area contributed by atoms with E-state index in [1.54, 1.807) is 24.5 Å². The summed E-state index contributed by atoms with van der Waals surface area (Å²) in [6, 6.07) is 11.3. The van der Waals surface area contributed by atoms with Crippen LogP contribution in [0.5, 0.6) is 5.75 Å². The largest absolute Gasteiger partial charge is 0.497 e. The lowest BCUT2D eigenvalue weighted by Gasteiger charge is -2.18. The highest BCUT2D eigenvalue weighted by Crippen LogP contribution is 2.13. The molecule has 0 atom stereocenters. The average molecular weight is 358 g/mol. The standard InChI is InChI=1S/C19H22N2O3S/c1-3-21(14-18(22)20-13-17-8-5-11-25-17)19(23)10-9-15-6-4-7-16(12-15)24-2/h4-12H,3,13-14H2,1-2H3,(H,20,22)/b10-9+. The van der Waals surface area contributed by atoms with Gasteiger partial charge in [0, 0.05) is 17.5 Å². The van der Waals surface area contributed by atoms with E-state index in [1.165, 1.54) is 11.0 Å². The van der Waals surface area contributed by atoms with Crippen molar-refractivity contribution in [1.29, 1.82) is 0 Å². The highest BCUT2D eigenvalue weighted by Gasteiger charge is 2.13. The van der Waals surface area contributed by atoms with E-state index in [0.717, 1.165) is 16.2 Å². The SMILES string of the molecule is CCN(CC(=O)NCc1cccs1)C(=O)/C=C/c1cccc(OC)c1. The van der Waals surface area contributed by atoms with E-state index in [1.807, 2.05) is 48.7 Å². The normalized spacial score (nSPS) is 10.6. The van der Waals surface area contributed by atoms with E-state index in [2.05, 4.69) is 5.32 Å². The monoisotopic (exact) mass is 358 g/mol. The predicted molar refractivity (Wildman–Crippen MR) is 100 cm³/mol. The van der Waals surface area contributed by atoms with Crippen LogP contribution in [0.15, 0.2) is 47.9 Å². The van der Waals surface area contributed by atoms with E-state index in [0.29, 0.717) is 13.1 Å². The van der Waals surface area contributed by atoms with Gasteiger partial charge < -0.3 is 15.0 Å². The van der Waals surface area contributed by atoms with Crippen LogP contribution < -0.4 is 10.1 Å². The van der Waals surface area contributed by atoms with E-state index in [9.17, 15) is 9.59 Å². The van der Waals surface area contributed by atoms with E-state index in [4.69, 9.17) is 4.74 Å². The fourth-order valence-electron chi connectivity index (χ4n) is 2.19. The summed E-state index contributed by atoms with van der Waals surface area (Å²) >= 11 is 1.59. The number of amides is 2. The zero-order chi connectivity index (χ0) is 18.1. The summed E-state index contributed by atoms with van der Waals surface area (Å²) in [6.07, 6.45) is 3.20. The van der Waals surface area contributed by atoms with Gasteiger partial charge in [0.25, 0.3) is 0 Å². The Morgan fingerprint density at radius 1 is 1.28 bits per heavy atom. The minimum absolute atomic E-state index is 0.0448. The molecule has 0 spiro atoms. The molecule has 25 heavy (non-hydrogen) atoms. The Morgan fingerprint density at radius 2 is 2.12 bits per heavy atom. The number of carbonyl (C=O) groups excluding carboxylic acids is 2. The molecule has 1 aromatic heterocycles. The zero-order valence-corrected chi connectivity index (χ0v) is 15.2. The Bertz CT molecular complexity index is 726. The minimum Gasteiger partial charge on any atom is -0.497 e. The third-order valence-electron chi connectivity index (χ3n) is 3.58. The van der Waals surface area contributed by atoms with Gasteiger partial charge in [-0.15, -0.1) is 11.3 Å². The highest BCUT2D eigenvalue weighted by molar-refractivity contribution is 7.09. The third kappa shape index (κ3) is 6.08. The van der Waals surface area contributed by atoms with Gasteiger partial charge in [-0.05, 0) is 42.1 Å². The zero-order valence-electron chi connectivity index (χ0n) is 14.4. The maximum atomic E-state index is 12.3.